The second kappa shape index (κ2) is 5.42. The molecule has 0 radical (unpaired) electrons. The van der Waals surface area contributed by atoms with Gasteiger partial charge in [-0.2, -0.15) is 0 Å². The second-order valence-corrected chi connectivity index (χ2v) is 6.00. The fraction of sp³-hybridized carbons (Fsp3) is 0.533. The zero-order valence-corrected chi connectivity index (χ0v) is 11.9. The second-order valence-electron chi connectivity index (χ2n) is 6.00. The van der Waals surface area contributed by atoms with Gasteiger partial charge in [0.25, 0.3) is 5.91 Å². The van der Waals surface area contributed by atoms with Crippen molar-refractivity contribution in [3.63, 3.8) is 0 Å². The summed E-state index contributed by atoms with van der Waals surface area (Å²) in [6, 6.07) is 5.08. The largest absolute Gasteiger partial charge is 0.507 e. The van der Waals surface area contributed by atoms with E-state index < -0.39 is 0 Å². The third-order valence-corrected chi connectivity index (χ3v) is 3.45. The number of phenolic OH excluding ortho intramolecular Hbond substituents is 1. The Kier molecular flexibility index (Phi) is 4.38. The molecular formula is C15H23NO2. The molecule has 0 bridgehead atoms. The fourth-order valence-electron chi connectivity index (χ4n) is 1.48. The lowest BCUT2D eigenvalue weighted by molar-refractivity contribution is 0.0934. The summed E-state index contributed by atoms with van der Waals surface area (Å²) in [6.45, 7) is 11.0. The molecule has 2 N–H and O–H groups in total. The van der Waals surface area contributed by atoms with Gasteiger partial charge in [-0.1, -0.05) is 33.8 Å². The summed E-state index contributed by atoms with van der Waals surface area (Å²) in [4.78, 5) is 11.9. The molecule has 1 atom stereocenters. The quantitative estimate of drug-likeness (QED) is 0.864. The zero-order chi connectivity index (χ0) is 13.9. The lowest BCUT2D eigenvalue weighted by Crippen LogP contribution is -2.33. The van der Waals surface area contributed by atoms with Gasteiger partial charge >= 0.3 is 0 Å². The van der Waals surface area contributed by atoms with Crippen LogP contribution < -0.4 is 5.32 Å². The molecule has 0 saturated carbocycles. The molecule has 0 heterocycles. The van der Waals surface area contributed by atoms with E-state index in [-0.39, 0.29) is 17.1 Å². The Hall–Kier alpha value is -1.51. The van der Waals surface area contributed by atoms with E-state index in [0.29, 0.717) is 18.0 Å². The Labute approximate surface area is 109 Å². The van der Waals surface area contributed by atoms with E-state index in [1.165, 1.54) is 0 Å². The van der Waals surface area contributed by atoms with Crippen LogP contribution in [0.25, 0.3) is 0 Å². The van der Waals surface area contributed by atoms with E-state index in [0.717, 1.165) is 5.56 Å². The number of rotatable bonds is 3. The molecule has 0 fully saturated rings. The van der Waals surface area contributed by atoms with Crippen molar-refractivity contribution in [2.45, 2.75) is 34.6 Å². The van der Waals surface area contributed by atoms with Crippen molar-refractivity contribution in [3.8, 4) is 5.75 Å². The number of hydrogen-bond donors (Lipinski definition) is 2. The Morgan fingerprint density at radius 2 is 2.00 bits per heavy atom. The summed E-state index contributed by atoms with van der Waals surface area (Å²) >= 11 is 0. The minimum absolute atomic E-state index is 0.0379. The smallest absolute Gasteiger partial charge is 0.255 e. The molecule has 18 heavy (non-hydrogen) atoms. The van der Waals surface area contributed by atoms with Gasteiger partial charge in [-0.05, 0) is 36.0 Å². The van der Waals surface area contributed by atoms with Crippen LogP contribution in [-0.2, 0) is 0 Å². The summed E-state index contributed by atoms with van der Waals surface area (Å²) in [5, 5.41) is 12.6. The van der Waals surface area contributed by atoms with Crippen LogP contribution in [-0.4, -0.2) is 17.6 Å². The molecule has 1 rings (SSSR count). The van der Waals surface area contributed by atoms with Crippen LogP contribution >= 0.6 is 0 Å². The maximum atomic E-state index is 11.9. The van der Waals surface area contributed by atoms with Gasteiger partial charge in [-0.3, -0.25) is 4.79 Å². The number of nitrogens with one attached hydrogen (secondary N) is 1. The first-order chi connectivity index (χ1) is 8.21. The van der Waals surface area contributed by atoms with E-state index in [9.17, 15) is 9.90 Å². The normalized spacial score (nSPS) is 13.2. The van der Waals surface area contributed by atoms with Gasteiger partial charge in [0, 0.05) is 6.54 Å². The van der Waals surface area contributed by atoms with Crippen molar-refractivity contribution in [2.24, 2.45) is 11.3 Å². The van der Waals surface area contributed by atoms with Gasteiger partial charge in [-0.25, -0.2) is 0 Å². The van der Waals surface area contributed by atoms with Crippen molar-refractivity contribution in [3.05, 3.63) is 29.3 Å². The first kappa shape index (κ1) is 14.6. The molecule has 0 aliphatic rings. The molecule has 0 aliphatic carbocycles. The Bertz CT molecular complexity index is 433. The topological polar surface area (TPSA) is 49.3 Å². The fourth-order valence-corrected chi connectivity index (χ4v) is 1.48. The minimum atomic E-state index is -0.219. The standard InChI is InChI=1S/C15H23NO2/c1-10-6-7-12(13(17)8-10)14(18)16-9-11(2)15(3,4)5/h6-8,11,17H,9H2,1-5H3,(H,16,18). The summed E-state index contributed by atoms with van der Waals surface area (Å²) < 4.78 is 0. The Balaban J connectivity index is 2.66. The molecular weight excluding hydrogens is 226 g/mol. The van der Waals surface area contributed by atoms with Crippen molar-refractivity contribution in [1.29, 1.82) is 0 Å². The molecule has 0 aliphatic heterocycles. The number of amides is 1. The van der Waals surface area contributed by atoms with E-state index >= 15 is 0 Å². The van der Waals surface area contributed by atoms with Crippen molar-refractivity contribution in [1.82, 2.24) is 5.32 Å². The van der Waals surface area contributed by atoms with Crippen LogP contribution in [0.1, 0.15) is 43.6 Å². The number of hydrogen-bond acceptors (Lipinski definition) is 2. The highest BCUT2D eigenvalue weighted by Crippen LogP contribution is 2.24. The van der Waals surface area contributed by atoms with E-state index in [4.69, 9.17) is 0 Å². The number of aryl methyl sites for hydroxylation is 1. The van der Waals surface area contributed by atoms with E-state index in [2.05, 4.69) is 33.0 Å². The molecule has 100 valence electrons. The van der Waals surface area contributed by atoms with Gasteiger partial charge < -0.3 is 10.4 Å². The third-order valence-electron chi connectivity index (χ3n) is 3.45. The SMILES string of the molecule is Cc1ccc(C(=O)NCC(C)C(C)(C)C)c(O)c1. The Morgan fingerprint density at radius 3 is 2.50 bits per heavy atom. The van der Waals surface area contributed by atoms with Crippen molar-refractivity contribution < 1.29 is 9.90 Å². The van der Waals surface area contributed by atoms with Crippen LogP contribution in [0, 0.1) is 18.3 Å². The summed E-state index contributed by atoms with van der Waals surface area (Å²) in [7, 11) is 0. The van der Waals surface area contributed by atoms with Gasteiger partial charge in [-0.15, -0.1) is 0 Å². The number of carbonyl (C=O) groups excluding carboxylic acids is 1. The molecule has 1 amide bonds. The van der Waals surface area contributed by atoms with Gasteiger partial charge in [0.15, 0.2) is 0 Å². The van der Waals surface area contributed by atoms with Crippen LogP contribution in [0.4, 0.5) is 0 Å². The lowest BCUT2D eigenvalue weighted by atomic mass is 9.82. The average molecular weight is 249 g/mol. The molecule has 1 unspecified atom stereocenters. The molecule has 1 aromatic rings. The number of benzene rings is 1. The molecule has 1 aromatic carbocycles. The number of carbonyl (C=O) groups is 1. The predicted octanol–water partition coefficient (Wildman–Crippen LogP) is 3.11. The minimum Gasteiger partial charge on any atom is -0.507 e. The first-order valence-electron chi connectivity index (χ1n) is 6.29. The van der Waals surface area contributed by atoms with Crippen LogP contribution in [0.15, 0.2) is 18.2 Å². The molecule has 0 spiro atoms. The molecule has 0 aromatic heterocycles. The van der Waals surface area contributed by atoms with Crippen molar-refractivity contribution in [2.75, 3.05) is 6.54 Å². The van der Waals surface area contributed by atoms with Crippen LogP contribution in [0.5, 0.6) is 5.75 Å². The summed E-state index contributed by atoms with van der Waals surface area (Å²) in [6.07, 6.45) is 0. The van der Waals surface area contributed by atoms with Gasteiger partial charge in [0.05, 0.1) is 5.56 Å². The average Bonchev–Trinajstić information content (AvgIpc) is 2.24. The highest BCUT2D eigenvalue weighted by Gasteiger charge is 2.21. The Morgan fingerprint density at radius 1 is 1.39 bits per heavy atom. The monoisotopic (exact) mass is 249 g/mol. The molecule has 3 nitrogen and oxygen atoms in total. The van der Waals surface area contributed by atoms with Crippen LogP contribution in [0.3, 0.4) is 0 Å². The lowest BCUT2D eigenvalue weighted by Gasteiger charge is -2.27. The molecule has 3 heteroatoms. The maximum Gasteiger partial charge on any atom is 0.255 e. The van der Waals surface area contributed by atoms with E-state index in [1.54, 1.807) is 12.1 Å². The maximum absolute atomic E-state index is 11.9. The number of aromatic hydroxyl groups is 1. The summed E-state index contributed by atoms with van der Waals surface area (Å²) in [5.74, 6) is 0.188. The molecule has 0 saturated heterocycles. The number of phenols is 1. The first-order valence-corrected chi connectivity index (χ1v) is 6.29. The predicted molar refractivity (Wildman–Crippen MR) is 73.8 cm³/mol. The van der Waals surface area contributed by atoms with Gasteiger partial charge in [0.1, 0.15) is 5.75 Å². The zero-order valence-electron chi connectivity index (χ0n) is 11.9. The van der Waals surface area contributed by atoms with Crippen molar-refractivity contribution >= 4 is 5.91 Å². The third kappa shape index (κ3) is 3.76. The van der Waals surface area contributed by atoms with Gasteiger partial charge in [0.2, 0.25) is 0 Å². The highest BCUT2D eigenvalue weighted by molar-refractivity contribution is 5.96. The van der Waals surface area contributed by atoms with E-state index in [1.807, 2.05) is 13.0 Å². The highest BCUT2D eigenvalue weighted by atomic mass is 16.3. The van der Waals surface area contributed by atoms with Crippen LogP contribution in [0.2, 0.25) is 0 Å². The summed E-state index contributed by atoms with van der Waals surface area (Å²) in [5.41, 5.74) is 1.43.